The summed E-state index contributed by atoms with van der Waals surface area (Å²) in [7, 11) is -3.65. The van der Waals surface area contributed by atoms with Crippen LogP contribution in [-0.2, 0) is 32.3 Å². The van der Waals surface area contributed by atoms with E-state index in [1.165, 1.54) is 16.4 Å². The molecular weight excluding hydrogens is 431 g/mol. The Labute approximate surface area is 179 Å². The first-order valence-corrected chi connectivity index (χ1v) is 11.3. The van der Waals surface area contributed by atoms with Gasteiger partial charge in [-0.3, -0.25) is 4.79 Å². The van der Waals surface area contributed by atoms with Crippen molar-refractivity contribution in [1.29, 1.82) is 0 Å². The van der Waals surface area contributed by atoms with Gasteiger partial charge < -0.3 is 4.74 Å². The second-order valence-corrected chi connectivity index (χ2v) is 9.67. The Balaban J connectivity index is 1.57. The lowest BCUT2D eigenvalue weighted by atomic mass is 9.98. The third kappa shape index (κ3) is 5.46. The van der Waals surface area contributed by atoms with Crippen LogP contribution in [0.4, 0.5) is 13.2 Å². The van der Waals surface area contributed by atoms with Gasteiger partial charge in [0.1, 0.15) is 6.61 Å². The fourth-order valence-corrected chi connectivity index (χ4v) is 5.02. The van der Waals surface area contributed by atoms with Crippen molar-refractivity contribution in [1.82, 2.24) is 4.31 Å². The van der Waals surface area contributed by atoms with Crippen LogP contribution in [0, 0.1) is 19.8 Å². The van der Waals surface area contributed by atoms with Gasteiger partial charge in [0, 0.05) is 13.1 Å². The number of alkyl halides is 3. The van der Waals surface area contributed by atoms with Crippen molar-refractivity contribution in [3.63, 3.8) is 0 Å². The number of sulfonamides is 1. The molecule has 0 bridgehead atoms. The van der Waals surface area contributed by atoms with Crippen LogP contribution in [-0.4, -0.2) is 31.8 Å². The molecule has 168 valence electrons. The van der Waals surface area contributed by atoms with E-state index >= 15 is 0 Å². The lowest BCUT2D eigenvalue weighted by Crippen LogP contribution is -2.40. The Bertz CT molecular complexity index is 1060. The number of benzene rings is 2. The Morgan fingerprint density at radius 1 is 1.06 bits per heavy atom. The largest absolute Gasteiger partial charge is 0.461 e. The minimum Gasteiger partial charge on any atom is -0.461 e. The smallest absolute Gasteiger partial charge is 0.416 e. The molecule has 0 aliphatic carbocycles. The number of piperidine rings is 1. The molecule has 2 aromatic carbocycles. The van der Waals surface area contributed by atoms with E-state index in [1.807, 2.05) is 13.8 Å². The SMILES string of the molecule is Cc1ccc(S(=O)(=O)N2CCC(C(=O)OCc3cccc(C(F)(F)F)c3)CC2)cc1C. The van der Waals surface area contributed by atoms with Crippen molar-refractivity contribution >= 4 is 16.0 Å². The van der Waals surface area contributed by atoms with Crippen molar-refractivity contribution in [2.75, 3.05) is 13.1 Å². The zero-order valence-electron chi connectivity index (χ0n) is 17.3. The summed E-state index contributed by atoms with van der Waals surface area (Å²) in [6.45, 7) is 3.85. The third-order valence-corrected chi connectivity index (χ3v) is 7.43. The predicted molar refractivity (Wildman–Crippen MR) is 109 cm³/mol. The number of aryl methyl sites for hydroxylation is 2. The van der Waals surface area contributed by atoms with E-state index in [0.29, 0.717) is 12.8 Å². The highest BCUT2D eigenvalue weighted by atomic mass is 32.2. The third-order valence-electron chi connectivity index (χ3n) is 5.54. The van der Waals surface area contributed by atoms with E-state index in [4.69, 9.17) is 4.74 Å². The minimum atomic E-state index is -4.46. The van der Waals surface area contributed by atoms with Crippen LogP contribution in [0.25, 0.3) is 0 Å². The molecule has 1 fully saturated rings. The Hall–Kier alpha value is -2.39. The molecule has 0 saturated carbocycles. The lowest BCUT2D eigenvalue weighted by molar-refractivity contribution is -0.151. The lowest BCUT2D eigenvalue weighted by Gasteiger charge is -2.30. The summed E-state index contributed by atoms with van der Waals surface area (Å²) in [5.41, 5.74) is 1.33. The highest BCUT2D eigenvalue weighted by Crippen LogP contribution is 2.30. The fourth-order valence-electron chi connectivity index (χ4n) is 3.47. The topological polar surface area (TPSA) is 63.7 Å². The monoisotopic (exact) mass is 455 g/mol. The molecule has 0 atom stereocenters. The van der Waals surface area contributed by atoms with Gasteiger partial charge in [-0.1, -0.05) is 18.2 Å². The minimum absolute atomic E-state index is 0.179. The zero-order chi connectivity index (χ0) is 22.8. The summed E-state index contributed by atoms with van der Waals surface area (Å²) in [5, 5.41) is 0. The molecule has 2 aromatic rings. The Morgan fingerprint density at radius 3 is 2.35 bits per heavy atom. The van der Waals surface area contributed by atoms with Crippen molar-refractivity contribution in [3.05, 3.63) is 64.7 Å². The Morgan fingerprint density at radius 2 is 1.74 bits per heavy atom. The van der Waals surface area contributed by atoms with Gasteiger partial charge in [0.15, 0.2) is 0 Å². The standard InChI is InChI=1S/C22H24F3NO4S/c1-15-6-7-20(12-16(15)2)31(28,29)26-10-8-18(9-11-26)21(27)30-14-17-4-3-5-19(13-17)22(23,24)25/h3-7,12-13,18H,8-11,14H2,1-2H3. The molecule has 0 unspecified atom stereocenters. The summed E-state index contributed by atoms with van der Waals surface area (Å²) in [4.78, 5) is 12.6. The molecule has 0 spiro atoms. The highest BCUT2D eigenvalue weighted by Gasteiger charge is 2.33. The van der Waals surface area contributed by atoms with Gasteiger partial charge in [0.25, 0.3) is 0 Å². The number of carbonyl (C=O) groups is 1. The van der Waals surface area contributed by atoms with Gasteiger partial charge in [0.2, 0.25) is 10.0 Å². The van der Waals surface area contributed by atoms with Gasteiger partial charge in [-0.2, -0.15) is 17.5 Å². The molecule has 1 saturated heterocycles. The summed E-state index contributed by atoms with van der Waals surface area (Å²) in [6.07, 6.45) is -3.87. The zero-order valence-corrected chi connectivity index (χ0v) is 18.1. The van der Waals surface area contributed by atoms with E-state index in [-0.39, 0.29) is 30.2 Å². The molecule has 5 nitrogen and oxygen atoms in total. The summed E-state index contributed by atoms with van der Waals surface area (Å²) >= 11 is 0. The van der Waals surface area contributed by atoms with E-state index in [0.717, 1.165) is 23.3 Å². The number of carbonyl (C=O) groups excluding carboxylic acids is 1. The van der Waals surface area contributed by atoms with Crippen LogP contribution in [0.2, 0.25) is 0 Å². The number of esters is 1. The number of ether oxygens (including phenoxy) is 1. The summed E-state index contributed by atoms with van der Waals surface area (Å²) < 4.78 is 70.7. The average Bonchev–Trinajstić information content (AvgIpc) is 2.73. The van der Waals surface area contributed by atoms with Crippen LogP contribution in [0.5, 0.6) is 0 Å². The van der Waals surface area contributed by atoms with Gasteiger partial charge in [0.05, 0.1) is 16.4 Å². The van der Waals surface area contributed by atoms with Gasteiger partial charge in [-0.15, -0.1) is 0 Å². The van der Waals surface area contributed by atoms with Crippen LogP contribution in [0.15, 0.2) is 47.4 Å². The second-order valence-electron chi connectivity index (χ2n) is 7.73. The van der Waals surface area contributed by atoms with Crippen molar-refractivity contribution < 1.29 is 31.1 Å². The van der Waals surface area contributed by atoms with E-state index in [9.17, 15) is 26.4 Å². The van der Waals surface area contributed by atoms with Crippen molar-refractivity contribution in [2.24, 2.45) is 5.92 Å². The van der Waals surface area contributed by atoms with Crippen molar-refractivity contribution in [3.8, 4) is 0 Å². The Kier molecular flexibility index (Phi) is 6.76. The van der Waals surface area contributed by atoms with Gasteiger partial charge in [-0.05, 0) is 67.6 Å². The summed E-state index contributed by atoms with van der Waals surface area (Å²) in [5.74, 6) is -1.02. The van der Waals surface area contributed by atoms with Gasteiger partial charge in [-0.25, -0.2) is 8.42 Å². The highest BCUT2D eigenvalue weighted by molar-refractivity contribution is 7.89. The second kappa shape index (κ2) is 9.00. The van der Waals surface area contributed by atoms with Crippen LogP contribution < -0.4 is 0 Å². The maximum absolute atomic E-state index is 12.9. The molecule has 0 radical (unpaired) electrons. The molecule has 1 aliphatic heterocycles. The quantitative estimate of drug-likeness (QED) is 0.625. The van der Waals surface area contributed by atoms with Crippen LogP contribution in [0.3, 0.4) is 0 Å². The van der Waals surface area contributed by atoms with Crippen LogP contribution >= 0.6 is 0 Å². The number of halogens is 3. The molecule has 3 rings (SSSR count). The van der Waals surface area contributed by atoms with Crippen LogP contribution in [0.1, 0.15) is 35.1 Å². The maximum atomic E-state index is 12.9. The fraction of sp³-hybridized carbons (Fsp3) is 0.409. The molecule has 0 N–H and O–H groups in total. The first kappa shape index (κ1) is 23.3. The molecule has 1 aliphatic rings. The van der Waals surface area contributed by atoms with E-state index in [1.54, 1.807) is 18.2 Å². The van der Waals surface area contributed by atoms with Gasteiger partial charge >= 0.3 is 12.1 Å². The maximum Gasteiger partial charge on any atom is 0.416 e. The number of rotatable bonds is 5. The molecule has 31 heavy (non-hydrogen) atoms. The normalized spacial score (nSPS) is 16.3. The predicted octanol–water partition coefficient (Wildman–Crippen LogP) is 4.47. The molecule has 9 heteroatoms. The molecule has 0 aromatic heterocycles. The molecular formula is C22H24F3NO4S. The summed E-state index contributed by atoms with van der Waals surface area (Å²) in [6, 6.07) is 9.61. The van der Waals surface area contributed by atoms with Crippen molar-refractivity contribution in [2.45, 2.75) is 44.4 Å². The van der Waals surface area contributed by atoms with E-state index in [2.05, 4.69) is 0 Å². The van der Waals surface area contributed by atoms with E-state index < -0.39 is 33.7 Å². The number of nitrogens with zero attached hydrogens (tertiary/aromatic N) is 1. The average molecular weight is 455 g/mol. The number of hydrogen-bond donors (Lipinski definition) is 0. The first-order chi connectivity index (χ1) is 14.5. The molecule has 1 heterocycles. The first-order valence-electron chi connectivity index (χ1n) is 9.88. The number of hydrogen-bond acceptors (Lipinski definition) is 4. The molecule has 0 amide bonds.